The summed E-state index contributed by atoms with van der Waals surface area (Å²) in [5, 5.41) is 8.00. The average Bonchev–Trinajstić information content (AvgIpc) is 2.98. The lowest BCUT2D eigenvalue weighted by molar-refractivity contribution is 0.301. The fraction of sp³-hybridized carbons (Fsp3) is 0.333. The number of rotatable bonds is 9. The molecule has 0 spiro atoms. The van der Waals surface area contributed by atoms with Crippen LogP contribution in [-0.2, 0) is 19.7 Å². The van der Waals surface area contributed by atoms with Crippen molar-refractivity contribution in [2.45, 2.75) is 40.0 Å². The smallest absolute Gasteiger partial charge is 0.124 e. The molecule has 0 unspecified atom stereocenters. The molecule has 3 aromatic rings. The van der Waals surface area contributed by atoms with Crippen molar-refractivity contribution in [2.75, 3.05) is 6.54 Å². The van der Waals surface area contributed by atoms with Gasteiger partial charge in [-0.15, -0.1) is 0 Å². The standard InChI is InChI=1S/C21H26N4O/c1-17-13-18(2)25(24-17)12-6-11-23-15-20-8-3-4-9-21(20)26-16-19-7-5-10-22-14-19/h3-5,7-10,13-14,23H,6,11-12,15-16H2,1-2H3. The summed E-state index contributed by atoms with van der Waals surface area (Å²) in [6.45, 7) is 7.33. The van der Waals surface area contributed by atoms with Gasteiger partial charge in [0.05, 0.1) is 5.69 Å². The number of benzene rings is 1. The van der Waals surface area contributed by atoms with Gasteiger partial charge < -0.3 is 10.1 Å². The van der Waals surface area contributed by atoms with Gasteiger partial charge >= 0.3 is 0 Å². The summed E-state index contributed by atoms with van der Waals surface area (Å²) >= 11 is 0. The first-order valence-corrected chi connectivity index (χ1v) is 9.04. The maximum absolute atomic E-state index is 5.97. The molecule has 2 aromatic heterocycles. The molecule has 0 radical (unpaired) electrons. The van der Waals surface area contributed by atoms with Crippen LogP contribution >= 0.6 is 0 Å². The number of nitrogens with zero attached hydrogens (tertiary/aromatic N) is 3. The Morgan fingerprint density at radius 1 is 1.12 bits per heavy atom. The van der Waals surface area contributed by atoms with Crippen molar-refractivity contribution < 1.29 is 4.74 Å². The second-order valence-corrected chi connectivity index (χ2v) is 6.44. The zero-order valence-electron chi connectivity index (χ0n) is 15.5. The lowest BCUT2D eigenvalue weighted by Gasteiger charge is -2.12. The number of ether oxygens (including phenoxy) is 1. The van der Waals surface area contributed by atoms with Gasteiger partial charge in [0.25, 0.3) is 0 Å². The molecule has 0 aliphatic carbocycles. The minimum Gasteiger partial charge on any atom is -0.489 e. The highest BCUT2D eigenvalue weighted by molar-refractivity contribution is 5.33. The molecule has 0 saturated carbocycles. The van der Waals surface area contributed by atoms with E-state index in [-0.39, 0.29) is 0 Å². The number of para-hydroxylation sites is 1. The first-order valence-electron chi connectivity index (χ1n) is 9.04. The number of aryl methyl sites for hydroxylation is 3. The highest BCUT2D eigenvalue weighted by atomic mass is 16.5. The Kier molecular flexibility index (Phi) is 6.39. The van der Waals surface area contributed by atoms with Gasteiger partial charge in [-0.25, -0.2) is 0 Å². The van der Waals surface area contributed by atoms with Gasteiger partial charge in [0, 0.05) is 42.3 Å². The van der Waals surface area contributed by atoms with E-state index in [1.165, 1.54) is 11.3 Å². The predicted molar refractivity (Wildman–Crippen MR) is 103 cm³/mol. The molecular weight excluding hydrogens is 324 g/mol. The molecular formula is C21H26N4O. The van der Waals surface area contributed by atoms with Crippen LogP contribution < -0.4 is 10.1 Å². The Hall–Kier alpha value is -2.66. The summed E-state index contributed by atoms with van der Waals surface area (Å²) in [6, 6.07) is 14.2. The van der Waals surface area contributed by atoms with Gasteiger partial charge in [-0.05, 0) is 45.0 Å². The van der Waals surface area contributed by atoms with E-state index in [9.17, 15) is 0 Å². The number of pyridine rings is 1. The van der Waals surface area contributed by atoms with Crippen LogP contribution in [0, 0.1) is 13.8 Å². The molecule has 0 aliphatic rings. The second kappa shape index (κ2) is 9.15. The van der Waals surface area contributed by atoms with E-state index >= 15 is 0 Å². The topological polar surface area (TPSA) is 52.0 Å². The van der Waals surface area contributed by atoms with Crippen molar-refractivity contribution in [2.24, 2.45) is 0 Å². The van der Waals surface area contributed by atoms with Gasteiger partial charge in [-0.1, -0.05) is 24.3 Å². The lowest BCUT2D eigenvalue weighted by Crippen LogP contribution is -2.17. The maximum atomic E-state index is 5.97. The summed E-state index contributed by atoms with van der Waals surface area (Å²) in [5.74, 6) is 0.919. The van der Waals surface area contributed by atoms with Crippen molar-refractivity contribution >= 4 is 0 Å². The van der Waals surface area contributed by atoms with Crippen LogP contribution in [0.2, 0.25) is 0 Å². The zero-order valence-corrected chi connectivity index (χ0v) is 15.5. The van der Waals surface area contributed by atoms with E-state index in [2.05, 4.69) is 39.1 Å². The van der Waals surface area contributed by atoms with Crippen molar-refractivity contribution in [3.05, 3.63) is 77.4 Å². The summed E-state index contributed by atoms with van der Waals surface area (Å²) in [4.78, 5) is 4.12. The summed E-state index contributed by atoms with van der Waals surface area (Å²) in [5.41, 5.74) is 4.54. The number of nitrogens with one attached hydrogen (secondary N) is 1. The van der Waals surface area contributed by atoms with Gasteiger partial charge in [0.2, 0.25) is 0 Å². The Balaban J connectivity index is 1.45. The third-order valence-electron chi connectivity index (χ3n) is 4.23. The Bertz CT molecular complexity index is 814. The average molecular weight is 350 g/mol. The summed E-state index contributed by atoms with van der Waals surface area (Å²) < 4.78 is 8.05. The van der Waals surface area contributed by atoms with Gasteiger partial charge in [-0.3, -0.25) is 9.67 Å². The number of hydrogen-bond acceptors (Lipinski definition) is 4. The van der Waals surface area contributed by atoms with E-state index in [0.29, 0.717) is 6.61 Å². The molecule has 0 aliphatic heterocycles. The third kappa shape index (κ3) is 5.17. The zero-order chi connectivity index (χ0) is 18.2. The molecule has 0 bridgehead atoms. The first-order chi connectivity index (χ1) is 12.7. The largest absolute Gasteiger partial charge is 0.489 e. The van der Waals surface area contributed by atoms with Crippen molar-refractivity contribution in [1.82, 2.24) is 20.1 Å². The molecule has 136 valence electrons. The highest BCUT2D eigenvalue weighted by Crippen LogP contribution is 2.19. The normalized spacial score (nSPS) is 10.8. The SMILES string of the molecule is Cc1cc(C)n(CCCNCc2ccccc2OCc2cccnc2)n1. The van der Waals surface area contributed by atoms with Crippen LogP contribution in [0.5, 0.6) is 5.75 Å². The van der Waals surface area contributed by atoms with Gasteiger partial charge in [0.1, 0.15) is 12.4 Å². The van der Waals surface area contributed by atoms with Crippen LogP contribution in [0.3, 0.4) is 0 Å². The molecule has 0 amide bonds. The van der Waals surface area contributed by atoms with Crippen LogP contribution in [0.25, 0.3) is 0 Å². The molecule has 5 heteroatoms. The predicted octanol–water partition coefficient (Wildman–Crippen LogP) is 3.65. The number of aromatic nitrogens is 3. The first kappa shape index (κ1) is 18.1. The summed E-state index contributed by atoms with van der Waals surface area (Å²) in [7, 11) is 0. The molecule has 1 aromatic carbocycles. The molecule has 2 heterocycles. The van der Waals surface area contributed by atoms with Gasteiger partial charge in [-0.2, -0.15) is 5.10 Å². The fourth-order valence-electron chi connectivity index (χ4n) is 2.91. The van der Waals surface area contributed by atoms with Crippen LogP contribution in [0.1, 0.15) is 28.9 Å². The number of hydrogen-bond donors (Lipinski definition) is 1. The minimum atomic E-state index is 0.531. The molecule has 0 saturated heterocycles. The van der Waals surface area contributed by atoms with E-state index < -0.39 is 0 Å². The quantitative estimate of drug-likeness (QED) is 0.599. The highest BCUT2D eigenvalue weighted by Gasteiger charge is 2.04. The Morgan fingerprint density at radius 2 is 2.00 bits per heavy atom. The van der Waals surface area contributed by atoms with Crippen molar-refractivity contribution in [3.63, 3.8) is 0 Å². The summed E-state index contributed by atoms with van der Waals surface area (Å²) in [6.07, 6.45) is 4.65. The van der Waals surface area contributed by atoms with Crippen LogP contribution in [0.15, 0.2) is 54.9 Å². The molecule has 0 atom stereocenters. The van der Waals surface area contributed by atoms with Crippen LogP contribution in [0.4, 0.5) is 0 Å². The van der Waals surface area contributed by atoms with Crippen molar-refractivity contribution in [1.29, 1.82) is 0 Å². The lowest BCUT2D eigenvalue weighted by atomic mass is 10.2. The maximum Gasteiger partial charge on any atom is 0.124 e. The van der Waals surface area contributed by atoms with Crippen molar-refractivity contribution in [3.8, 4) is 5.75 Å². The van der Waals surface area contributed by atoms with Gasteiger partial charge in [0.15, 0.2) is 0 Å². The Morgan fingerprint density at radius 3 is 2.77 bits per heavy atom. The third-order valence-corrected chi connectivity index (χ3v) is 4.23. The monoisotopic (exact) mass is 350 g/mol. The fourth-order valence-corrected chi connectivity index (χ4v) is 2.91. The molecule has 5 nitrogen and oxygen atoms in total. The van der Waals surface area contributed by atoms with E-state index in [0.717, 1.165) is 43.1 Å². The molecule has 26 heavy (non-hydrogen) atoms. The minimum absolute atomic E-state index is 0.531. The molecule has 3 rings (SSSR count). The van der Waals surface area contributed by atoms with E-state index in [1.54, 1.807) is 6.20 Å². The molecule has 1 N–H and O–H groups in total. The van der Waals surface area contributed by atoms with E-state index in [4.69, 9.17) is 4.74 Å². The van der Waals surface area contributed by atoms with E-state index in [1.807, 2.05) is 43.5 Å². The molecule has 0 fully saturated rings. The second-order valence-electron chi connectivity index (χ2n) is 6.44. The Labute approximate surface area is 155 Å². The van der Waals surface area contributed by atoms with Crippen LogP contribution in [-0.4, -0.2) is 21.3 Å².